The Balaban J connectivity index is 1.57. The molecular weight excluding hydrogens is 164 g/mol. The van der Waals surface area contributed by atoms with E-state index in [2.05, 4.69) is 0 Å². The van der Waals surface area contributed by atoms with Gasteiger partial charge in [-0.05, 0) is 18.8 Å². The third-order valence-corrected chi connectivity index (χ3v) is 3.80. The Hall–Kier alpha value is -0.0800. The molecule has 0 N–H and O–H groups in total. The van der Waals surface area contributed by atoms with Crippen LogP contribution in [0.15, 0.2) is 0 Å². The minimum atomic E-state index is 0.472. The van der Waals surface area contributed by atoms with Gasteiger partial charge in [0.2, 0.25) is 0 Å². The number of hydrogen-bond donors (Lipinski definition) is 0. The molecule has 2 heteroatoms. The monoisotopic (exact) mass is 182 g/mol. The number of hydrogen-bond acceptors (Lipinski definition) is 2. The molecule has 2 saturated heterocycles. The van der Waals surface area contributed by atoms with E-state index in [0.717, 1.165) is 12.5 Å². The van der Waals surface area contributed by atoms with Crippen molar-refractivity contribution in [1.82, 2.24) is 0 Å². The quantitative estimate of drug-likeness (QED) is 0.579. The van der Waals surface area contributed by atoms with E-state index in [1.807, 2.05) is 0 Å². The summed E-state index contributed by atoms with van der Waals surface area (Å²) in [5, 5.41) is 0. The minimum absolute atomic E-state index is 0.472. The maximum Gasteiger partial charge on any atom is 0.108 e. The Morgan fingerprint density at radius 3 is 2.46 bits per heavy atom. The molecule has 3 aliphatic rings. The summed E-state index contributed by atoms with van der Waals surface area (Å²) in [7, 11) is 0. The number of epoxide rings is 1. The van der Waals surface area contributed by atoms with Crippen LogP contribution in [0.4, 0.5) is 0 Å². The molecule has 74 valence electrons. The highest BCUT2D eigenvalue weighted by atomic mass is 16.6. The van der Waals surface area contributed by atoms with Crippen molar-refractivity contribution in [2.45, 2.75) is 56.8 Å². The molecule has 0 spiro atoms. The topological polar surface area (TPSA) is 21.8 Å². The molecule has 0 aromatic rings. The Morgan fingerprint density at radius 1 is 0.846 bits per heavy atom. The zero-order valence-corrected chi connectivity index (χ0v) is 8.08. The molecule has 0 aromatic carbocycles. The smallest absolute Gasteiger partial charge is 0.108 e. The van der Waals surface area contributed by atoms with Gasteiger partial charge in [0, 0.05) is 6.42 Å². The van der Waals surface area contributed by atoms with Crippen LogP contribution in [-0.4, -0.2) is 24.9 Å². The van der Waals surface area contributed by atoms with Gasteiger partial charge in [-0.2, -0.15) is 0 Å². The minimum Gasteiger partial charge on any atom is -0.375 e. The first-order valence-electron chi connectivity index (χ1n) is 5.70. The Kier molecular flexibility index (Phi) is 2.06. The van der Waals surface area contributed by atoms with Gasteiger partial charge in [-0.3, -0.25) is 0 Å². The van der Waals surface area contributed by atoms with Crippen molar-refractivity contribution in [3.05, 3.63) is 0 Å². The van der Waals surface area contributed by atoms with Crippen LogP contribution in [0.2, 0.25) is 0 Å². The van der Waals surface area contributed by atoms with E-state index in [1.165, 1.54) is 38.5 Å². The lowest BCUT2D eigenvalue weighted by Gasteiger charge is -2.31. The maximum absolute atomic E-state index is 5.85. The van der Waals surface area contributed by atoms with E-state index in [0.29, 0.717) is 18.3 Å². The molecule has 1 saturated carbocycles. The van der Waals surface area contributed by atoms with Gasteiger partial charge in [-0.15, -0.1) is 0 Å². The fourth-order valence-corrected chi connectivity index (χ4v) is 2.88. The average Bonchev–Trinajstić information content (AvgIpc) is 2.96. The Morgan fingerprint density at radius 2 is 1.69 bits per heavy atom. The second-order valence-electron chi connectivity index (χ2n) is 4.72. The number of ether oxygens (including phenoxy) is 2. The van der Waals surface area contributed by atoms with Gasteiger partial charge < -0.3 is 9.47 Å². The van der Waals surface area contributed by atoms with Crippen LogP contribution in [-0.2, 0) is 9.47 Å². The van der Waals surface area contributed by atoms with Crippen molar-refractivity contribution in [1.29, 1.82) is 0 Å². The fourth-order valence-electron chi connectivity index (χ4n) is 2.88. The molecule has 0 aromatic heterocycles. The van der Waals surface area contributed by atoms with Crippen LogP contribution >= 0.6 is 0 Å². The zero-order chi connectivity index (χ0) is 8.67. The predicted molar refractivity (Wildman–Crippen MR) is 49.6 cm³/mol. The average molecular weight is 182 g/mol. The molecule has 3 rings (SSSR count). The summed E-state index contributed by atoms with van der Waals surface area (Å²) >= 11 is 0. The highest BCUT2D eigenvalue weighted by Crippen LogP contribution is 2.38. The highest BCUT2D eigenvalue weighted by Gasteiger charge is 2.46. The van der Waals surface area contributed by atoms with Crippen molar-refractivity contribution in [3.63, 3.8) is 0 Å². The summed E-state index contributed by atoms with van der Waals surface area (Å²) < 4.78 is 11.3. The van der Waals surface area contributed by atoms with Crippen molar-refractivity contribution in [2.75, 3.05) is 6.61 Å². The van der Waals surface area contributed by atoms with Crippen molar-refractivity contribution < 1.29 is 9.47 Å². The molecule has 2 nitrogen and oxygen atoms in total. The van der Waals surface area contributed by atoms with Crippen molar-refractivity contribution in [2.24, 2.45) is 5.92 Å². The van der Waals surface area contributed by atoms with Gasteiger partial charge in [0.25, 0.3) is 0 Å². The van der Waals surface area contributed by atoms with E-state index >= 15 is 0 Å². The van der Waals surface area contributed by atoms with Crippen molar-refractivity contribution >= 4 is 0 Å². The first kappa shape index (κ1) is 8.25. The summed E-state index contributed by atoms with van der Waals surface area (Å²) in [6, 6.07) is 0. The van der Waals surface area contributed by atoms with Gasteiger partial charge in [-0.25, -0.2) is 0 Å². The SMILES string of the molecule is C1CCC([C@H]2CC3OC3CO2)CC1. The largest absolute Gasteiger partial charge is 0.375 e. The second kappa shape index (κ2) is 3.25. The maximum atomic E-state index is 5.85. The number of fused-ring (bicyclic) bond motifs is 1. The first-order valence-corrected chi connectivity index (χ1v) is 5.70. The lowest BCUT2D eigenvalue weighted by molar-refractivity contribution is -0.0187. The van der Waals surface area contributed by atoms with Crippen LogP contribution in [0.1, 0.15) is 38.5 Å². The summed E-state index contributed by atoms with van der Waals surface area (Å²) in [6.07, 6.45) is 9.80. The van der Waals surface area contributed by atoms with E-state index in [1.54, 1.807) is 0 Å². The molecule has 3 fully saturated rings. The van der Waals surface area contributed by atoms with Gasteiger partial charge in [0.05, 0.1) is 18.8 Å². The van der Waals surface area contributed by atoms with Gasteiger partial charge in [0.1, 0.15) is 6.10 Å². The molecule has 2 unspecified atom stereocenters. The lowest BCUT2D eigenvalue weighted by Crippen LogP contribution is -2.32. The third kappa shape index (κ3) is 1.62. The number of rotatable bonds is 1. The standard InChI is InChI=1S/C11H18O2/c1-2-4-8(5-3-1)9-6-10-11(13-10)7-12-9/h8-11H,1-7H2/t9-,10?,11?/m1/s1. The van der Waals surface area contributed by atoms with Crippen LogP contribution in [0.25, 0.3) is 0 Å². The Bertz CT molecular complexity index is 187. The van der Waals surface area contributed by atoms with Crippen LogP contribution in [0.5, 0.6) is 0 Å². The van der Waals surface area contributed by atoms with E-state index in [9.17, 15) is 0 Å². The molecule has 0 bridgehead atoms. The zero-order valence-electron chi connectivity index (χ0n) is 8.08. The summed E-state index contributed by atoms with van der Waals surface area (Å²) in [4.78, 5) is 0. The predicted octanol–water partition coefficient (Wildman–Crippen LogP) is 2.12. The molecule has 1 aliphatic carbocycles. The van der Waals surface area contributed by atoms with E-state index < -0.39 is 0 Å². The molecule has 13 heavy (non-hydrogen) atoms. The molecule has 0 amide bonds. The van der Waals surface area contributed by atoms with Crippen LogP contribution in [0, 0.1) is 5.92 Å². The summed E-state index contributed by atoms with van der Waals surface area (Å²) in [6.45, 7) is 0.867. The van der Waals surface area contributed by atoms with E-state index in [4.69, 9.17) is 9.47 Å². The Labute approximate surface area is 79.6 Å². The van der Waals surface area contributed by atoms with Gasteiger partial charge in [0.15, 0.2) is 0 Å². The summed E-state index contributed by atoms with van der Waals surface area (Å²) in [5.74, 6) is 0.846. The first-order chi connectivity index (χ1) is 6.43. The molecular formula is C11H18O2. The fraction of sp³-hybridized carbons (Fsp3) is 1.00. The molecule has 0 radical (unpaired) electrons. The highest BCUT2D eigenvalue weighted by molar-refractivity contribution is 4.93. The van der Waals surface area contributed by atoms with Crippen LogP contribution in [0.3, 0.4) is 0 Å². The van der Waals surface area contributed by atoms with Gasteiger partial charge >= 0.3 is 0 Å². The second-order valence-corrected chi connectivity index (χ2v) is 4.72. The normalized spacial score (nSPS) is 45.7. The molecule has 2 aliphatic heterocycles. The molecule has 2 heterocycles. The third-order valence-electron chi connectivity index (χ3n) is 3.80. The van der Waals surface area contributed by atoms with Gasteiger partial charge in [-0.1, -0.05) is 19.3 Å². The van der Waals surface area contributed by atoms with E-state index in [-0.39, 0.29) is 0 Å². The summed E-state index contributed by atoms with van der Waals surface area (Å²) in [5.41, 5.74) is 0. The van der Waals surface area contributed by atoms with Crippen LogP contribution < -0.4 is 0 Å². The lowest BCUT2D eigenvalue weighted by atomic mass is 9.83. The van der Waals surface area contributed by atoms with Crippen molar-refractivity contribution in [3.8, 4) is 0 Å². The molecule has 3 atom stereocenters.